The Bertz CT molecular complexity index is 629. The van der Waals surface area contributed by atoms with E-state index in [0.29, 0.717) is 17.2 Å². The topological polar surface area (TPSA) is 49.7 Å². The van der Waals surface area contributed by atoms with Crippen molar-refractivity contribution in [1.82, 2.24) is 0 Å². The minimum absolute atomic E-state index is 0.353. The van der Waals surface area contributed by atoms with Crippen LogP contribution in [0.5, 0.6) is 0 Å². The molecule has 0 aliphatic carbocycles. The zero-order valence-corrected chi connectivity index (χ0v) is 18.9. The normalized spacial score (nSPS) is 13.1. The summed E-state index contributed by atoms with van der Waals surface area (Å²) in [6.45, 7) is 2.61. The third kappa shape index (κ3) is 7.50. The van der Waals surface area contributed by atoms with Gasteiger partial charge in [0.15, 0.2) is 0 Å². The van der Waals surface area contributed by atoms with E-state index < -0.39 is 7.28 Å². The van der Waals surface area contributed by atoms with Crippen LogP contribution in [0.2, 0.25) is 0 Å². The van der Waals surface area contributed by atoms with Gasteiger partial charge in [0, 0.05) is 0 Å². The summed E-state index contributed by atoms with van der Waals surface area (Å²) in [6, 6.07) is 18.0. The molecule has 2 aromatic carbocycles. The number of unbranched alkanes of at least 4 members (excludes halogenated alkanes) is 10. The van der Waals surface area contributed by atoms with Gasteiger partial charge in [-0.2, -0.15) is 0 Å². The van der Waals surface area contributed by atoms with Crippen LogP contribution >= 0.6 is 7.28 Å². The molecule has 2 rings (SSSR count). The molecule has 2 aromatic rings. The molecule has 3 nitrogen and oxygen atoms in total. The van der Waals surface area contributed by atoms with Crippen molar-refractivity contribution in [2.24, 2.45) is 0 Å². The van der Waals surface area contributed by atoms with Crippen molar-refractivity contribution in [2.45, 2.75) is 77.6 Å². The van der Waals surface area contributed by atoms with E-state index in [1.807, 2.05) is 36.4 Å². The van der Waals surface area contributed by atoms with Crippen LogP contribution in [0.1, 0.15) is 77.6 Å². The number of rotatable bonds is 15. The first-order valence-corrected chi connectivity index (χ1v) is 13.4. The SMILES string of the molecule is CCCCCCCCCCCCCOP(O)(O)(c1ccccc1)c1ccccc1. The first kappa shape index (κ1) is 24.0. The first-order valence-electron chi connectivity index (χ1n) is 11.3. The molecule has 0 aliphatic rings. The van der Waals surface area contributed by atoms with Gasteiger partial charge < -0.3 is 0 Å². The number of hydrogen-bond donors (Lipinski definition) is 2. The number of benzene rings is 2. The van der Waals surface area contributed by atoms with E-state index in [2.05, 4.69) is 6.92 Å². The fourth-order valence-corrected chi connectivity index (χ4v) is 6.19. The summed E-state index contributed by atoms with van der Waals surface area (Å²) in [6.07, 6.45) is 13.8. The van der Waals surface area contributed by atoms with E-state index >= 15 is 0 Å². The van der Waals surface area contributed by atoms with Crippen molar-refractivity contribution in [3.05, 3.63) is 60.7 Å². The fraction of sp³-hybridized carbons (Fsp3) is 0.520. The molecule has 162 valence electrons. The molecule has 0 aromatic heterocycles. The molecule has 29 heavy (non-hydrogen) atoms. The molecule has 0 saturated carbocycles. The average Bonchev–Trinajstić information content (AvgIpc) is 2.76. The van der Waals surface area contributed by atoms with Crippen molar-refractivity contribution in [3.8, 4) is 0 Å². The molecule has 2 N–H and O–H groups in total. The van der Waals surface area contributed by atoms with E-state index in [1.54, 1.807) is 24.3 Å². The van der Waals surface area contributed by atoms with E-state index in [-0.39, 0.29) is 0 Å². The van der Waals surface area contributed by atoms with Crippen LogP contribution in [0, 0.1) is 0 Å². The van der Waals surface area contributed by atoms with Gasteiger partial charge in [0.1, 0.15) is 0 Å². The van der Waals surface area contributed by atoms with Crippen molar-refractivity contribution >= 4 is 17.9 Å². The molecule has 0 bridgehead atoms. The standard InChI is InChI=1S/C25H39O3P/c1-2-3-4-5-6-7-8-9-10-11-18-23-28-29(26,27,24-19-14-12-15-20-24)25-21-16-13-17-22-25/h12-17,19-22,26-27H,2-11,18,23H2,1H3. The molecule has 0 spiro atoms. The average molecular weight is 419 g/mol. The third-order valence-corrected chi connectivity index (χ3v) is 8.66. The predicted molar refractivity (Wildman–Crippen MR) is 126 cm³/mol. The van der Waals surface area contributed by atoms with Gasteiger partial charge in [0.25, 0.3) is 0 Å². The van der Waals surface area contributed by atoms with E-state index in [9.17, 15) is 9.79 Å². The molecular weight excluding hydrogens is 379 g/mol. The summed E-state index contributed by atoms with van der Waals surface area (Å²) in [5, 5.41) is 0.903. The second-order valence-electron chi connectivity index (χ2n) is 7.99. The monoisotopic (exact) mass is 418 g/mol. The molecular formula is C25H39O3P. The predicted octanol–water partition coefficient (Wildman–Crippen LogP) is 6.25. The molecule has 0 radical (unpaired) electrons. The van der Waals surface area contributed by atoms with Gasteiger partial charge in [-0.15, -0.1) is 0 Å². The van der Waals surface area contributed by atoms with Crippen molar-refractivity contribution in [1.29, 1.82) is 0 Å². The van der Waals surface area contributed by atoms with Crippen molar-refractivity contribution in [2.75, 3.05) is 6.61 Å². The first-order chi connectivity index (χ1) is 14.1. The maximum atomic E-state index is 11.4. The Kier molecular flexibility index (Phi) is 10.3. The molecule has 0 amide bonds. The third-order valence-electron chi connectivity index (χ3n) is 5.53. The van der Waals surface area contributed by atoms with Crippen LogP contribution < -0.4 is 10.6 Å². The maximum absolute atomic E-state index is 11.4. The number of hydrogen-bond acceptors (Lipinski definition) is 3. The van der Waals surface area contributed by atoms with E-state index in [1.165, 1.54) is 57.8 Å². The Morgan fingerprint density at radius 2 is 0.966 bits per heavy atom. The Morgan fingerprint density at radius 3 is 1.38 bits per heavy atom. The zero-order chi connectivity index (χ0) is 20.9. The van der Waals surface area contributed by atoms with Gasteiger partial charge in [-0.05, 0) is 0 Å². The summed E-state index contributed by atoms with van der Waals surface area (Å²) in [4.78, 5) is 22.9. The van der Waals surface area contributed by atoms with Gasteiger partial charge in [0.2, 0.25) is 0 Å². The summed E-state index contributed by atoms with van der Waals surface area (Å²) < 4.78 is 5.91. The van der Waals surface area contributed by atoms with Crippen LogP contribution in [0.3, 0.4) is 0 Å². The summed E-state index contributed by atoms with van der Waals surface area (Å²) in [5.41, 5.74) is 0. The van der Waals surface area contributed by atoms with Crippen LogP contribution in [0.25, 0.3) is 0 Å². The molecule has 0 fully saturated rings. The Balaban J connectivity index is 1.76. The molecule has 4 heteroatoms. The quantitative estimate of drug-likeness (QED) is 0.266. The van der Waals surface area contributed by atoms with E-state index in [0.717, 1.165) is 12.8 Å². The van der Waals surface area contributed by atoms with Gasteiger partial charge >= 0.3 is 164 Å². The molecule has 0 unspecified atom stereocenters. The molecule has 0 saturated heterocycles. The molecule has 0 aliphatic heterocycles. The van der Waals surface area contributed by atoms with Crippen molar-refractivity contribution < 1.29 is 14.3 Å². The van der Waals surface area contributed by atoms with E-state index in [4.69, 9.17) is 4.52 Å². The van der Waals surface area contributed by atoms with Crippen molar-refractivity contribution in [3.63, 3.8) is 0 Å². The molecule has 0 atom stereocenters. The Labute approximate surface area is 177 Å². The summed E-state index contributed by atoms with van der Waals surface area (Å²) in [5.74, 6) is 0. The van der Waals surface area contributed by atoms with Gasteiger partial charge in [0.05, 0.1) is 0 Å². The fourth-order valence-electron chi connectivity index (χ4n) is 3.70. The zero-order valence-electron chi connectivity index (χ0n) is 18.0. The minimum atomic E-state index is -4.59. The van der Waals surface area contributed by atoms with Crippen LogP contribution in [0.4, 0.5) is 0 Å². The summed E-state index contributed by atoms with van der Waals surface area (Å²) in [7, 11) is -4.59. The second-order valence-corrected chi connectivity index (χ2v) is 11.2. The Morgan fingerprint density at radius 1 is 0.586 bits per heavy atom. The molecule has 0 heterocycles. The van der Waals surface area contributed by atoms with Crippen LogP contribution in [-0.2, 0) is 4.52 Å². The van der Waals surface area contributed by atoms with Crippen LogP contribution in [0.15, 0.2) is 60.7 Å². The second kappa shape index (κ2) is 12.4. The van der Waals surface area contributed by atoms with Crippen LogP contribution in [-0.4, -0.2) is 16.4 Å². The summed E-state index contributed by atoms with van der Waals surface area (Å²) >= 11 is 0. The Hall–Kier alpha value is -1.25. The van der Waals surface area contributed by atoms with Gasteiger partial charge in [-0.25, -0.2) is 0 Å². The van der Waals surface area contributed by atoms with Gasteiger partial charge in [-0.3, -0.25) is 0 Å². The van der Waals surface area contributed by atoms with Gasteiger partial charge in [-0.1, -0.05) is 13.3 Å².